The Morgan fingerprint density at radius 3 is 2.30 bits per heavy atom. The lowest BCUT2D eigenvalue weighted by Gasteiger charge is -2.30. The van der Waals surface area contributed by atoms with Crippen molar-refractivity contribution >= 4 is 5.57 Å². The monoisotopic (exact) mass is 370 g/mol. The van der Waals surface area contributed by atoms with Gasteiger partial charge in [-0.25, -0.2) is 8.78 Å². The first-order valence-corrected chi connectivity index (χ1v) is 9.64. The molecule has 1 aromatic rings. The Hall–Kier alpha value is -1.96. The van der Waals surface area contributed by atoms with Crippen LogP contribution in [0.5, 0.6) is 0 Å². The summed E-state index contributed by atoms with van der Waals surface area (Å²) in [5.74, 6) is -2.59. The molecule has 0 saturated carbocycles. The van der Waals surface area contributed by atoms with Crippen LogP contribution >= 0.6 is 0 Å². The molecule has 1 aliphatic carbocycles. The summed E-state index contributed by atoms with van der Waals surface area (Å²) in [4.78, 5) is 0. The Labute approximate surface area is 163 Å². The van der Waals surface area contributed by atoms with Gasteiger partial charge in [-0.3, -0.25) is 0 Å². The fraction of sp³-hybridized carbons (Fsp3) is 0.440. The number of hydrogen-bond acceptors (Lipinski definition) is 0. The predicted octanol–water partition coefficient (Wildman–Crippen LogP) is 7.90. The van der Waals surface area contributed by atoms with Crippen molar-refractivity contribution in [1.29, 1.82) is 0 Å². The minimum atomic E-state index is -2.83. The highest BCUT2D eigenvalue weighted by atomic mass is 19.3. The van der Waals surface area contributed by atoms with Gasteiger partial charge in [-0.1, -0.05) is 36.9 Å². The lowest BCUT2D eigenvalue weighted by Crippen LogP contribution is -2.15. The van der Waals surface area contributed by atoms with Gasteiger partial charge in [0.05, 0.1) is 0 Å². The maximum absolute atomic E-state index is 13.5. The van der Waals surface area contributed by atoms with Crippen LogP contribution in [-0.4, -0.2) is 5.92 Å². The normalized spacial score (nSPS) is 18.7. The van der Waals surface area contributed by atoms with Crippen LogP contribution in [0.4, 0.5) is 8.78 Å². The third-order valence-electron chi connectivity index (χ3n) is 6.07. The van der Waals surface area contributed by atoms with Gasteiger partial charge in [0.2, 0.25) is 0 Å². The molecule has 1 atom stereocenters. The van der Waals surface area contributed by atoms with Gasteiger partial charge in [0.15, 0.2) is 0 Å². The molecular formula is C25H32F2. The zero-order chi connectivity index (χ0) is 20.5. The van der Waals surface area contributed by atoms with Crippen molar-refractivity contribution in [1.82, 2.24) is 0 Å². The molecule has 1 unspecified atom stereocenters. The van der Waals surface area contributed by atoms with E-state index in [1.54, 1.807) is 0 Å². The van der Waals surface area contributed by atoms with E-state index >= 15 is 0 Å². The highest BCUT2D eigenvalue weighted by Gasteiger charge is 2.27. The van der Waals surface area contributed by atoms with Gasteiger partial charge in [0.25, 0.3) is 5.92 Å². The summed E-state index contributed by atoms with van der Waals surface area (Å²) >= 11 is 0. The molecule has 0 N–H and O–H groups in total. The zero-order valence-electron chi connectivity index (χ0n) is 17.6. The van der Waals surface area contributed by atoms with Gasteiger partial charge in [0.1, 0.15) is 0 Å². The lowest BCUT2D eigenvalue weighted by molar-refractivity contribution is 0.0635. The Bertz CT molecular complexity index is 829. The molecule has 2 rings (SSSR count). The van der Waals surface area contributed by atoms with E-state index in [0.29, 0.717) is 5.57 Å². The summed E-state index contributed by atoms with van der Waals surface area (Å²) in [5, 5.41) is 0. The molecule has 0 saturated heterocycles. The predicted molar refractivity (Wildman–Crippen MR) is 113 cm³/mol. The standard InChI is InChI=1S/C25H32F2/c1-15-9-10-17(3)24(21(15)7)23-14-22(12-11-16(23)2)20(6)18(4)13-19(5)25(8,26)27/h9-10,13,22H,4,6,11-12,14H2,1-3,5,7-8H3/b19-13+. The van der Waals surface area contributed by atoms with Crippen LogP contribution in [0.15, 0.2) is 53.7 Å². The quantitative estimate of drug-likeness (QED) is 0.462. The van der Waals surface area contributed by atoms with Crippen molar-refractivity contribution in [3.63, 3.8) is 0 Å². The molecule has 0 fully saturated rings. The second kappa shape index (κ2) is 7.96. The van der Waals surface area contributed by atoms with Crippen molar-refractivity contribution < 1.29 is 8.78 Å². The molecule has 0 aliphatic heterocycles. The molecule has 0 spiro atoms. The largest absolute Gasteiger partial charge is 0.266 e. The van der Waals surface area contributed by atoms with E-state index < -0.39 is 5.92 Å². The molecule has 0 aromatic heterocycles. The van der Waals surface area contributed by atoms with Crippen LogP contribution in [0, 0.1) is 26.7 Å². The van der Waals surface area contributed by atoms with Crippen LogP contribution in [0.3, 0.4) is 0 Å². The molecule has 146 valence electrons. The zero-order valence-corrected chi connectivity index (χ0v) is 17.6. The van der Waals surface area contributed by atoms with Crippen molar-refractivity contribution in [2.75, 3.05) is 0 Å². The number of rotatable bonds is 5. The second-order valence-electron chi connectivity index (χ2n) is 8.16. The third kappa shape index (κ3) is 4.66. The summed E-state index contributed by atoms with van der Waals surface area (Å²) in [7, 11) is 0. The van der Waals surface area contributed by atoms with E-state index in [1.165, 1.54) is 46.4 Å². The topological polar surface area (TPSA) is 0 Å². The van der Waals surface area contributed by atoms with Crippen LogP contribution in [0.25, 0.3) is 5.57 Å². The maximum Gasteiger partial charge on any atom is 0.266 e. The van der Waals surface area contributed by atoms with E-state index in [4.69, 9.17) is 0 Å². The van der Waals surface area contributed by atoms with Crippen LogP contribution in [0.1, 0.15) is 62.3 Å². The molecular weight excluding hydrogens is 338 g/mol. The molecule has 0 nitrogen and oxygen atoms in total. The lowest BCUT2D eigenvalue weighted by atomic mass is 9.75. The highest BCUT2D eigenvalue weighted by molar-refractivity contribution is 5.75. The number of alkyl halides is 2. The van der Waals surface area contributed by atoms with Gasteiger partial charge >= 0.3 is 0 Å². The molecule has 0 amide bonds. The van der Waals surface area contributed by atoms with Crippen LogP contribution in [-0.2, 0) is 0 Å². The Balaban J connectivity index is 2.32. The van der Waals surface area contributed by atoms with Gasteiger partial charge < -0.3 is 0 Å². The van der Waals surface area contributed by atoms with Gasteiger partial charge in [0, 0.05) is 6.92 Å². The van der Waals surface area contributed by atoms with E-state index in [-0.39, 0.29) is 11.5 Å². The maximum atomic E-state index is 13.5. The van der Waals surface area contributed by atoms with Crippen LogP contribution < -0.4 is 0 Å². The van der Waals surface area contributed by atoms with Crippen molar-refractivity contribution in [3.05, 3.63) is 75.9 Å². The first-order chi connectivity index (χ1) is 12.4. The molecule has 2 heteroatoms. The summed E-state index contributed by atoms with van der Waals surface area (Å²) in [5.41, 5.74) is 9.61. The first kappa shape index (κ1) is 21.3. The summed E-state index contributed by atoms with van der Waals surface area (Å²) in [6.07, 6.45) is 4.39. The highest BCUT2D eigenvalue weighted by Crippen LogP contribution is 2.42. The van der Waals surface area contributed by atoms with E-state index in [1.807, 2.05) is 0 Å². The molecule has 1 aliphatic rings. The fourth-order valence-electron chi connectivity index (χ4n) is 3.84. The van der Waals surface area contributed by atoms with Crippen molar-refractivity contribution in [2.24, 2.45) is 5.92 Å². The molecule has 0 heterocycles. The SMILES string of the molecule is C=C(/C=C(\C)C(C)(F)F)C(=C)C1CCC(C)=C(c2c(C)ccc(C)c2C)C1. The molecule has 0 bridgehead atoms. The number of hydrogen-bond donors (Lipinski definition) is 0. The average Bonchev–Trinajstić information content (AvgIpc) is 2.58. The Morgan fingerprint density at radius 1 is 1.11 bits per heavy atom. The molecule has 27 heavy (non-hydrogen) atoms. The van der Waals surface area contributed by atoms with E-state index in [0.717, 1.165) is 31.8 Å². The smallest absolute Gasteiger partial charge is 0.202 e. The molecule has 1 aromatic carbocycles. The molecule has 0 radical (unpaired) electrons. The summed E-state index contributed by atoms with van der Waals surface area (Å²) < 4.78 is 27.0. The van der Waals surface area contributed by atoms with Crippen molar-refractivity contribution in [2.45, 2.75) is 66.7 Å². The van der Waals surface area contributed by atoms with Gasteiger partial charge in [-0.2, -0.15) is 0 Å². The number of allylic oxidation sites excluding steroid dienone is 6. The van der Waals surface area contributed by atoms with Gasteiger partial charge in [-0.05, 0) is 104 Å². The van der Waals surface area contributed by atoms with E-state index in [9.17, 15) is 8.78 Å². The summed E-state index contributed by atoms with van der Waals surface area (Å²) in [6.45, 7) is 19.3. The van der Waals surface area contributed by atoms with Crippen LogP contribution in [0.2, 0.25) is 0 Å². The number of benzene rings is 1. The third-order valence-corrected chi connectivity index (χ3v) is 6.07. The average molecular weight is 371 g/mol. The van der Waals surface area contributed by atoms with E-state index in [2.05, 4.69) is 53.0 Å². The van der Waals surface area contributed by atoms with Crippen molar-refractivity contribution in [3.8, 4) is 0 Å². The first-order valence-electron chi connectivity index (χ1n) is 9.64. The minimum absolute atomic E-state index is 0.0294. The number of aryl methyl sites for hydroxylation is 2. The number of halogens is 2. The second-order valence-corrected chi connectivity index (χ2v) is 8.16. The Morgan fingerprint density at radius 2 is 1.70 bits per heavy atom. The summed E-state index contributed by atoms with van der Waals surface area (Å²) in [6, 6.07) is 4.36. The minimum Gasteiger partial charge on any atom is -0.202 e. The fourth-order valence-corrected chi connectivity index (χ4v) is 3.84. The van der Waals surface area contributed by atoms with Gasteiger partial charge in [-0.15, -0.1) is 0 Å². The Kier molecular flexibility index (Phi) is 6.29.